The Bertz CT molecular complexity index is 1030. The van der Waals surface area contributed by atoms with E-state index in [1.807, 2.05) is 26.8 Å². The Morgan fingerprint density at radius 1 is 1.21 bits per heavy atom. The molecule has 1 aliphatic rings. The number of aliphatic hydroxyl groups is 1. The smallest absolute Gasteiger partial charge is 0.222 e. The van der Waals surface area contributed by atoms with Crippen molar-refractivity contribution < 1.29 is 5.11 Å². The predicted octanol–water partition coefficient (Wildman–Crippen LogP) is 2.97. The molecule has 0 aromatic carbocycles. The molecule has 2 atom stereocenters. The fourth-order valence-corrected chi connectivity index (χ4v) is 4.95. The Morgan fingerprint density at radius 2 is 2.00 bits per heavy atom. The molecular weight excluding hydrogens is 374 g/mol. The second-order valence-corrected chi connectivity index (χ2v) is 8.99. The van der Waals surface area contributed by atoms with Crippen LogP contribution >= 0.6 is 11.3 Å². The molecule has 148 valence electrons. The highest BCUT2D eigenvalue weighted by atomic mass is 32.1. The third-order valence-electron chi connectivity index (χ3n) is 5.43. The summed E-state index contributed by atoms with van der Waals surface area (Å²) in [5, 5.41) is 14.6. The molecule has 0 aliphatic heterocycles. The van der Waals surface area contributed by atoms with Gasteiger partial charge in [-0.1, -0.05) is 0 Å². The van der Waals surface area contributed by atoms with Crippen molar-refractivity contribution >= 4 is 39.1 Å². The van der Waals surface area contributed by atoms with Gasteiger partial charge < -0.3 is 21.9 Å². The molecule has 6 N–H and O–H groups in total. The van der Waals surface area contributed by atoms with Gasteiger partial charge >= 0.3 is 0 Å². The quantitative estimate of drug-likeness (QED) is 0.526. The zero-order valence-electron chi connectivity index (χ0n) is 16.2. The Morgan fingerprint density at radius 3 is 2.68 bits per heavy atom. The van der Waals surface area contributed by atoms with Crippen LogP contribution in [0.2, 0.25) is 0 Å². The van der Waals surface area contributed by atoms with Crippen molar-refractivity contribution in [3.8, 4) is 10.6 Å². The molecule has 9 heteroatoms. The SMILES string of the molecule is Cc1nc(N)nc(N[C@H]2CC[C@@H](C(C)(C)O)C2)c1-c1nc2c(N)nccc2s1. The first-order valence-electron chi connectivity index (χ1n) is 9.37. The van der Waals surface area contributed by atoms with Gasteiger partial charge in [0.2, 0.25) is 5.95 Å². The molecule has 28 heavy (non-hydrogen) atoms. The fraction of sp³-hybridized carbons (Fsp3) is 0.474. The van der Waals surface area contributed by atoms with Crippen LogP contribution in [0.5, 0.6) is 0 Å². The summed E-state index contributed by atoms with van der Waals surface area (Å²) in [6.45, 7) is 5.65. The molecule has 0 radical (unpaired) electrons. The van der Waals surface area contributed by atoms with E-state index in [-0.39, 0.29) is 17.9 Å². The van der Waals surface area contributed by atoms with Crippen molar-refractivity contribution in [2.75, 3.05) is 16.8 Å². The molecule has 1 saturated carbocycles. The number of fused-ring (bicyclic) bond motifs is 1. The van der Waals surface area contributed by atoms with Crippen molar-refractivity contribution in [3.05, 3.63) is 18.0 Å². The molecule has 1 fully saturated rings. The standard InChI is InChI=1S/C19H25N7OS/c1-9-13(17-25-14-12(28-17)6-7-22-15(14)20)16(26-18(21)23-9)24-11-5-4-10(8-11)19(2,3)27/h6-7,10-11,27H,4-5,8H2,1-3H3,(H2,20,22)(H3,21,23,24,26)/t10-,11+/m1/s1. The van der Waals surface area contributed by atoms with Crippen molar-refractivity contribution in [3.63, 3.8) is 0 Å². The lowest BCUT2D eigenvalue weighted by Crippen LogP contribution is -2.30. The van der Waals surface area contributed by atoms with Crippen LogP contribution in [0.15, 0.2) is 12.3 Å². The zero-order valence-corrected chi connectivity index (χ0v) is 17.0. The van der Waals surface area contributed by atoms with Gasteiger partial charge in [-0.2, -0.15) is 4.98 Å². The third kappa shape index (κ3) is 3.47. The summed E-state index contributed by atoms with van der Waals surface area (Å²) in [6, 6.07) is 2.11. The largest absolute Gasteiger partial charge is 0.390 e. The molecule has 0 spiro atoms. The highest BCUT2D eigenvalue weighted by Gasteiger charge is 2.35. The molecule has 3 aromatic rings. The lowest BCUT2D eigenvalue weighted by Gasteiger charge is -2.25. The number of nitrogens with two attached hydrogens (primary N) is 2. The topological polar surface area (TPSA) is 136 Å². The monoisotopic (exact) mass is 399 g/mol. The predicted molar refractivity (Wildman–Crippen MR) is 113 cm³/mol. The summed E-state index contributed by atoms with van der Waals surface area (Å²) in [5.74, 6) is 1.56. The third-order valence-corrected chi connectivity index (χ3v) is 6.47. The first-order valence-corrected chi connectivity index (χ1v) is 10.2. The van der Waals surface area contributed by atoms with Crippen molar-refractivity contribution in [2.24, 2.45) is 5.92 Å². The lowest BCUT2D eigenvalue weighted by atomic mass is 9.89. The second-order valence-electron chi connectivity index (χ2n) is 7.96. The van der Waals surface area contributed by atoms with Crippen LogP contribution in [-0.2, 0) is 0 Å². The van der Waals surface area contributed by atoms with E-state index in [0.717, 1.165) is 40.2 Å². The van der Waals surface area contributed by atoms with E-state index in [0.29, 0.717) is 17.2 Å². The molecule has 0 bridgehead atoms. The van der Waals surface area contributed by atoms with Gasteiger partial charge in [-0.25, -0.2) is 15.0 Å². The highest BCUT2D eigenvalue weighted by molar-refractivity contribution is 7.21. The van der Waals surface area contributed by atoms with Gasteiger partial charge in [0.25, 0.3) is 0 Å². The number of pyridine rings is 1. The van der Waals surface area contributed by atoms with E-state index in [2.05, 4.69) is 20.3 Å². The van der Waals surface area contributed by atoms with Gasteiger partial charge in [0.05, 0.1) is 21.6 Å². The van der Waals surface area contributed by atoms with Crippen LogP contribution in [0, 0.1) is 12.8 Å². The number of rotatable bonds is 4. The number of nitrogens with one attached hydrogen (secondary N) is 1. The van der Waals surface area contributed by atoms with Gasteiger partial charge in [0.1, 0.15) is 16.3 Å². The highest BCUT2D eigenvalue weighted by Crippen LogP contribution is 2.39. The van der Waals surface area contributed by atoms with E-state index in [4.69, 9.17) is 16.5 Å². The zero-order chi connectivity index (χ0) is 20.1. The molecule has 4 rings (SSSR count). The summed E-state index contributed by atoms with van der Waals surface area (Å²) in [7, 11) is 0. The Kier molecular flexibility index (Phi) is 4.59. The maximum absolute atomic E-state index is 10.3. The molecule has 0 saturated heterocycles. The van der Waals surface area contributed by atoms with Crippen molar-refractivity contribution in [1.82, 2.24) is 19.9 Å². The maximum Gasteiger partial charge on any atom is 0.222 e. The van der Waals surface area contributed by atoms with Crippen molar-refractivity contribution in [1.29, 1.82) is 0 Å². The molecule has 1 aliphatic carbocycles. The lowest BCUT2D eigenvalue weighted by molar-refractivity contribution is 0.0197. The average molecular weight is 400 g/mol. The number of aromatic nitrogens is 4. The minimum absolute atomic E-state index is 0.213. The minimum atomic E-state index is -0.683. The molecule has 0 amide bonds. The van der Waals surface area contributed by atoms with E-state index in [9.17, 15) is 5.11 Å². The number of hydrogen-bond donors (Lipinski definition) is 4. The second kappa shape index (κ2) is 6.82. The number of nitrogen functional groups attached to an aromatic ring is 2. The fourth-order valence-electron chi connectivity index (χ4n) is 3.88. The van der Waals surface area contributed by atoms with Crippen LogP contribution in [0.1, 0.15) is 38.8 Å². The maximum atomic E-state index is 10.3. The van der Waals surface area contributed by atoms with Crippen LogP contribution in [-0.4, -0.2) is 36.7 Å². The van der Waals surface area contributed by atoms with Crippen molar-refractivity contribution in [2.45, 2.75) is 51.7 Å². The van der Waals surface area contributed by atoms with Crippen LogP contribution in [0.4, 0.5) is 17.6 Å². The molecule has 8 nitrogen and oxygen atoms in total. The van der Waals surface area contributed by atoms with E-state index in [1.165, 1.54) is 11.3 Å². The van der Waals surface area contributed by atoms with Crippen LogP contribution < -0.4 is 16.8 Å². The normalized spacial score (nSPS) is 20.0. The average Bonchev–Trinajstić information content (AvgIpc) is 3.21. The number of anilines is 3. The Labute approximate surface area is 167 Å². The summed E-state index contributed by atoms with van der Waals surface area (Å²) >= 11 is 1.53. The van der Waals surface area contributed by atoms with Gasteiger partial charge in [-0.15, -0.1) is 11.3 Å². The number of hydrogen-bond acceptors (Lipinski definition) is 9. The van der Waals surface area contributed by atoms with Gasteiger partial charge in [-0.05, 0) is 52.0 Å². The van der Waals surface area contributed by atoms with E-state index in [1.54, 1.807) is 6.20 Å². The molecular formula is C19H25N7OS. The number of aryl methyl sites for hydroxylation is 1. The first-order chi connectivity index (χ1) is 13.2. The van der Waals surface area contributed by atoms with E-state index >= 15 is 0 Å². The first kappa shape index (κ1) is 18.8. The van der Waals surface area contributed by atoms with Crippen LogP contribution in [0.25, 0.3) is 20.8 Å². The van der Waals surface area contributed by atoms with Gasteiger partial charge in [0, 0.05) is 12.2 Å². The van der Waals surface area contributed by atoms with Gasteiger partial charge in [0.15, 0.2) is 5.82 Å². The summed E-state index contributed by atoms with van der Waals surface area (Å²) in [4.78, 5) is 17.6. The summed E-state index contributed by atoms with van der Waals surface area (Å²) in [6.07, 6.45) is 4.50. The minimum Gasteiger partial charge on any atom is -0.390 e. The number of nitrogens with zero attached hydrogens (tertiary/aromatic N) is 4. The number of thiazole rings is 1. The molecule has 3 heterocycles. The molecule has 0 unspecified atom stereocenters. The Balaban J connectivity index is 1.71. The van der Waals surface area contributed by atoms with E-state index < -0.39 is 5.60 Å². The Hall–Kier alpha value is -2.52. The summed E-state index contributed by atoms with van der Waals surface area (Å²) < 4.78 is 0.965. The molecule has 3 aromatic heterocycles. The van der Waals surface area contributed by atoms with Gasteiger partial charge in [-0.3, -0.25) is 0 Å². The summed E-state index contributed by atoms with van der Waals surface area (Å²) in [5.41, 5.74) is 13.5. The van der Waals surface area contributed by atoms with Crippen LogP contribution in [0.3, 0.4) is 0 Å².